The first-order chi connectivity index (χ1) is 16.9. The molecule has 0 aliphatic carbocycles. The molecule has 1 aromatic carbocycles. The van der Waals surface area contributed by atoms with Crippen LogP contribution in [0.1, 0.15) is 50.8 Å². The van der Waals surface area contributed by atoms with Gasteiger partial charge in [0.25, 0.3) is 0 Å². The molecule has 0 amide bonds. The number of benzene rings is 1. The van der Waals surface area contributed by atoms with Crippen molar-refractivity contribution < 1.29 is 18.6 Å². The highest BCUT2D eigenvalue weighted by Crippen LogP contribution is 2.30. The molecule has 1 aliphatic rings. The average Bonchev–Trinajstić information content (AvgIpc) is 3.29. The molecule has 35 heavy (non-hydrogen) atoms. The lowest BCUT2D eigenvalue weighted by molar-refractivity contribution is 0.194. The molecule has 2 aromatic heterocycles. The lowest BCUT2D eigenvalue weighted by Gasteiger charge is -2.32. The molecule has 3 aromatic rings. The molecule has 1 atom stereocenters. The van der Waals surface area contributed by atoms with Crippen molar-refractivity contribution in [3.05, 3.63) is 53.5 Å². The van der Waals surface area contributed by atoms with Gasteiger partial charge in [-0.1, -0.05) is 6.92 Å². The topological polar surface area (TPSA) is 87.2 Å². The summed E-state index contributed by atoms with van der Waals surface area (Å²) in [6.45, 7) is 5.99. The number of nitrogens with zero attached hydrogens (tertiary/aromatic N) is 4. The number of aryl methyl sites for hydroxylation is 1. The van der Waals surface area contributed by atoms with E-state index in [0.29, 0.717) is 24.6 Å². The van der Waals surface area contributed by atoms with Gasteiger partial charge in [-0.3, -0.25) is 5.10 Å². The van der Waals surface area contributed by atoms with E-state index >= 15 is 0 Å². The van der Waals surface area contributed by atoms with E-state index in [2.05, 4.69) is 32.0 Å². The fourth-order valence-corrected chi connectivity index (χ4v) is 4.47. The molecule has 188 valence electrons. The number of rotatable bonds is 10. The van der Waals surface area contributed by atoms with Crippen LogP contribution in [-0.2, 0) is 12.8 Å². The van der Waals surface area contributed by atoms with Gasteiger partial charge in [-0.2, -0.15) is 5.10 Å². The van der Waals surface area contributed by atoms with Crippen LogP contribution in [0.15, 0.2) is 30.6 Å². The van der Waals surface area contributed by atoms with Crippen molar-refractivity contribution in [2.45, 2.75) is 58.5 Å². The maximum Gasteiger partial charge on any atom is 0.225 e. The molecular weight excluding hydrogens is 452 g/mol. The molecule has 7 nitrogen and oxygen atoms in total. The zero-order chi connectivity index (χ0) is 24.8. The van der Waals surface area contributed by atoms with E-state index in [1.807, 2.05) is 12.4 Å². The Balaban J connectivity index is 1.23. The molecular formula is C26H33F2N5O2. The van der Waals surface area contributed by atoms with Crippen LogP contribution in [0.2, 0.25) is 0 Å². The van der Waals surface area contributed by atoms with Gasteiger partial charge in [-0.25, -0.2) is 18.7 Å². The molecule has 2 N–H and O–H groups in total. The summed E-state index contributed by atoms with van der Waals surface area (Å²) in [6, 6.07) is 3.94. The molecule has 0 radical (unpaired) electrons. The Hall–Kier alpha value is -3.07. The molecule has 0 saturated carbocycles. The van der Waals surface area contributed by atoms with Crippen LogP contribution < -0.4 is 9.64 Å². The standard InChI is InChI=1S/C26H33F2N5O2/c1-3-18-15-29-26(30-16-18)33-8-6-19(7-9-33)5-4-10-35-21-13-22(27)25(23(28)14-21)24-12-20(31-32-24)11-17(2)34/h12-17,19,34H,3-11H2,1-2H3,(H,31,32)/t17-/m1/s1. The van der Waals surface area contributed by atoms with Gasteiger partial charge in [-0.05, 0) is 56.6 Å². The molecule has 3 heterocycles. The Bertz CT molecular complexity index is 1070. The number of nitrogens with one attached hydrogen (secondary N) is 1. The van der Waals surface area contributed by atoms with Crippen molar-refractivity contribution in [1.29, 1.82) is 0 Å². The lowest BCUT2D eigenvalue weighted by atomic mass is 9.92. The molecule has 1 fully saturated rings. The Morgan fingerprint density at radius 2 is 1.83 bits per heavy atom. The first-order valence-electron chi connectivity index (χ1n) is 12.3. The fraction of sp³-hybridized carbons (Fsp3) is 0.500. The van der Waals surface area contributed by atoms with E-state index in [1.54, 1.807) is 13.0 Å². The molecule has 9 heteroatoms. The SMILES string of the molecule is CCc1cnc(N2CCC(CCCOc3cc(F)c(-c4cc(C[C@@H](C)O)[nH]n4)c(F)c3)CC2)nc1. The third kappa shape index (κ3) is 6.54. The van der Waals surface area contributed by atoms with Crippen molar-refractivity contribution >= 4 is 5.95 Å². The number of aromatic nitrogens is 4. The number of hydrogen-bond donors (Lipinski definition) is 2. The predicted molar refractivity (Wildman–Crippen MR) is 130 cm³/mol. The highest BCUT2D eigenvalue weighted by molar-refractivity contribution is 5.62. The summed E-state index contributed by atoms with van der Waals surface area (Å²) in [5.74, 6) is 0.112. The van der Waals surface area contributed by atoms with Gasteiger partial charge < -0.3 is 14.7 Å². The maximum atomic E-state index is 14.6. The largest absolute Gasteiger partial charge is 0.493 e. The minimum absolute atomic E-state index is 0.167. The minimum atomic E-state index is -0.725. The number of aliphatic hydroxyl groups excluding tert-OH is 1. The summed E-state index contributed by atoms with van der Waals surface area (Å²) in [7, 11) is 0. The fourth-order valence-electron chi connectivity index (χ4n) is 4.47. The van der Waals surface area contributed by atoms with Crippen LogP contribution >= 0.6 is 0 Å². The number of hydrogen-bond acceptors (Lipinski definition) is 6. The first-order valence-corrected chi connectivity index (χ1v) is 12.3. The van der Waals surface area contributed by atoms with Gasteiger partial charge in [0.05, 0.1) is 24.0 Å². The van der Waals surface area contributed by atoms with E-state index in [9.17, 15) is 13.9 Å². The van der Waals surface area contributed by atoms with Crippen LogP contribution in [0, 0.1) is 17.6 Å². The second-order valence-electron chi connectivity index (χ2n) is 9.26. The number of halogens is 2. The third-order valence-corrected chi connectivity index (χ3v) is 6.44. The second-order valence-corrected chi connectivity index (χ2v) is 9.26. The van der Waals surface area contributed by atoms with Crippen molar-refractivity contribution in [1.82, 2.24) is 20.2 Å². The van der Waals surface area contributed by atoms with E-state index in [1.165, 1.54) is 12.1 Å². The van der Waals surface area contributed by atoms with Crippen LogP contribution in [0.3, 0.4) is 0 Å². The van der Waals surface area contributed by atoms with E-state index < -0.39 is 17.7 Å². The summed E-state index contributed by atoms with van der Waals surface area (Å²) >= 11 is 0. The van der Waals surface area contributed by atoms with Crippen LogP contribution in [0.5, 0.6) is 5.75 Å². The second kappa shape index (κ2) is 11.6. The Kier molecular flexibility index (Phi) is 8.28. The van der Waals surface area contributed by atoms with Crippen LogP contribution in [0.25, 0.3) is 11.3 Å². The van der Waals surface area contributed by atoms with Gasteiger partial charge in [0, 0.05) is 49.7 Å². The van der Waals surface area contributed by atoms with E-state index in [4.69, 9.17) is 4.74 Å². The quantitative estimate of drug-likeness (QED) is 0.405. The van der Waals surface area contributed by atoms with Gasteiger partial charge in [0.2, 0.25) is 5.95 Å². The average molecular weight is 486 g/mol. The summed E-state index contributed by atoms with van der Waals surface area (Å²) in [5, 5.41) is 16.2. The summed E-state index contributed by atoms with van der Waals surface area (Å²) in [6.07, 6.45) is 8.44. The Morgan fingerprint density at radius 3 is 2.46 bits per heavy atom. The molecule has 0 bridgehead atoms. The van der Waals surface area contributed by atoms with E-state index in [-0.39, 0.29) is 17.0 Å². The number of H-pyrrole nitrogens is 1. The molecule has 1 aliphatic heterocycles. The van der Waals surface area contributed by atoms with E-state index in [0.717, 1.165) is 56.7 Å². The van der Waals surface area contributed by atoms with Crippen molar-refractivity contribution in [3.63, 3.8) is 0 Å². The van der Waals surface area contributed by atoms with Crippen LogP contribution in [0.4, 0.5) is 14.7 Å². The summed E-state index contributed by atoms with van der Waals surface area (Å²) in [4.78, 5) is 11.2. The highest BCUT2D eigenvalue weighted by Gasteiger charge is 2.21. The first kappa shape index (κ1) is 25.0. The monoisotopic (exact) mass is 485 g/mol. The zero-order valence-electron chi connectivity index (χ0n) is 20.3. The van der Waals surface area contributed by atoms with Crippen molar-refractivity contribution in [2.24, 2.45) is 5.92 Å². The van der Waals surface area contributed by atoms with Gasteiger partial charge in [0.1, 0.15) is 17.4 Å². The van der Waals surface area contributed by atoms with Gasteiger partial charge in [0.15, 0.2) is 0 Å². The molecule has 0 unspecified atom stereocenters. The summed E-state index contributed by atoms with van der Waals surface area (Å²) < 4.78 is 34.9. The van der Waals surface area contributed by atoms with Crippen LogP contribution in [-0.4, -0.2) is 51.1 Å². The van der Waals surface area contributed by atoms with Gasteiger partial charge in [-0.15, -0.1) is 0 Å². The number of aromatic amines is 1. The number of ether oxygens (including phenoxy) is 1. The predicted octanol–water partition coefficient (Wildman–Crippen LogP) is 4.71. The third-order valence-electron chi connectivity index (χ3n) is 6.44. The Morgan fingerprint density at radius 1 is 1.14 bits per heavy atom. The lowest BCUT2D eigenvalue weighted by Crippen LogP contribution is -2.35. The number of anilines is 1. The summed E-state index contributed by atoms with van der Waals surface area (Å²) in [5.41, 5.74) is 1.72. The minimum Gasteiger partial charge on any atom is -0.493 e. The smallest absolute Gasteiger partial charge is 0.225 e. The molecule has 4 rings (SSSR count). The Labute approximate surface area is 204 Å². The number of piperidine rings is 1. The normalized spacial score (nSPS) is 15.4. The number of aliphatic hydroxyl groups is 1. The van der Waals surface area contributed by atoms with Gasteiger partial charge >= 0.3 is 0 Å². The van der Waals surface area contributed by atoms with Crippen molar-refractivity contribution in [2.75, 3.05) is 24.6 Å². The van der Waals surface area contributed by atoms with Crippen molar-refractivity contribution in [3.8, 4) is 17.0 Å². The highest BCUT2D eigenvalue weighted by atomic mass is 19.1. The maximum absolute atomic E-state index is 14.6. The molecule has 0 spiro atoms. The zero-order valence-corrected chi connectivity index (χ0v) is 20.3. The molecule has 1 saturated heterocycles.